The van der Waals surface area contributed by atoms with Gasteiger partial charge in [-0.25, -0.2) is 7.86 Å². The predicted octanol–water partition coefficient (Wildman–Crippen LogP) is 3.60. The van der Waals surface area contributed by atoms with E-state index in [1.54, 1.807) is 0 Å². The van der Waals surface area contributed by atoms with Crippen LogP contribution in [-0.2, 0) is 20.5 Å². The number of carbonyl (C=O) groups is 1. The fraction of sp³-hybridized carbons (Fsp3) is 0.606. The molecule has 0 N–H and O–H groups in total. The Morgan fingerprint density at radius 1 is 0.588 bits per heavy atom. The standard InChI is InChI=1S/C33H42F8I2O7S/c1-3-5-7-9-11-13-23-47-27-19-15-25(16-20-27)42-49-29(44)30(34,35)31(36,37)32(38,39)33(40,41)51(45,46)50-43-26-17-21-28(22-18-26)48-24-14-12-10-8-6-4-2/h15-22H,3-14,23-24H2,1-2H3/q+2. The van der Waals surface area contributed by atoms with Crippen LogP contribution in [0.5, 0.6) is 11.5 Å². The molecule has 0 aromatic heterocycles. The van der Waals surface area contributed by atoms with Gasteiger partial charge in [0.15, 0.2) is 0 Å². The van der Waals surface area contributed by atoms with E-state index in [1.165, 1.54) is 48.5 Å². The molecular formula is C33H42F8I2O7S+2. The lowest BCUT2D eigenvalue weighted by molar-refractivity contribution is -0.853. The third-order valence-electron chi connectivity index (χ3n) is 7.29. The summed E-state index contributed by atoms with van der Waals surface area (Å²) in [6, 6.07) is 10.3. The molecule has 0 fully saturated rings. The van der Waals surface area contributed by atoms with Gasteiger partial charge in [-0.3, -0.25) is 0 Å². The zero-order valence-corrected chi connectivity index (χ0v) is 33.2. The second kappa shape index (κ2) is 21.3. The first kappa shape index (κ1) is 45.5. The topological polar surface area (TPSA) is 88.1 Å². The Morgan fingerprint density at radius 3 is 1.41 bits per heavy atom. The molecule has 0 saturated carbocycles. The Morgan fingerprint density at radius 2 is 0.980 bits per heavy atom. The van der Waals surface area contributed by atoms with Crippen molar-refractivity contribution in [2.24, 2.45) is 0 Å². The van der Waals surface area contributed by atoms with Gasteiger partial charge in [-0.2, -0.15) is 43.5 Å². The summed E-state index contributed by atoms with van der Waals surface area (Å²) in [4.78, 5) is 11.9. The van der Waals surface area contributed by atoms with Gasteiger partial charge in [0.25, 0.3) is 0 Å². The molecule has 290 valence electrons. The van der Waals surface area contributed by atoms with Gasteiger partial charge in [-0.15, -0.1) is 0 Å². The van der Waals surface area contributed by atoms with E-state index >= 15 is 0 Å². The molecule has 0 saturated heterocycles. The van der Waals surface area contributed by atoms with Crippen molar-refractivity contribution in [1.82, 2.24) is 0 Å². The summed E-state index contributed by atoms with van der Waals surface area (Å²) in [5.41, 5.74) is 0. The van der Waals surface area contributed by atoms with Crippen molar-refractivity contribution in [3.63, 3.8) is 0 Å². The quantitative estimate of drug-likeness (QED) is 0.0810. The molecule has 0 bridgehead atoms. The fourth-order valence-electron chi connectivity index (χ4n) is 4.22. The number of halogens is 10. The van der Waals surface area contributed by atoms with Crippen molar-refractivity contribution in [1.29, 1.82) is 0 Å². The monoisotopic (exact) mass is 988 g/mol. The molecular weight excluding hydrogens is 946 g/mol. The summed E-state index contributed by atoms with van der Waals surface area (Å²) in [5.74, 6) is -23.6. The first-order chi connectivity index (χ1) is 23.9. The third-order valence-corrected chi connectivity index (χ3v) is 13.4. The van der Waals surface area contributed by atoms with Crippen LogP contribution in [0.25, 0.3) is 0 Å². The number of unbranched alkanes of at least 4 members (excludes halogenated alkanes) is 10. The SMILES string of the molecule is CCCCCCCCOc1ccc([I+]OC(=O)C(F)(F)C(F)(F)C(F)(F)C(F)(F)S(=O)(=O)O[I+]c2ccc(OCCCCCCCC)cc2)cc1. The molecule has 0 unspecified atom stereocenters. The predicted molar refractivity (Wildman–Crippen MR) is 164 cm³/mol. The first-order valence-corrected chi connectivity index (χ1v) is 21.7. The second-order valence-corrected chi connectivity index (χ2v) is 17.9. The molecule has 0 aliphatic rings. The molecule has 0 atom stereocenters. The number of alkyl halides is 8. The van der Waals surface area contributed by atoms with Crippen LogP contribution < -0.4 is 52.7 Å². The molecule has 0 aliphatic carbocycles. The molecule has 2 aromatic rings. The molecule has 0 heterocycles. The van der Waals surface area contributed by atoms with Gasteiger partial charge in [0.2, 0.25) is 7.14 Å². The number of benzene rings is 2. The highest BCUT2D eigenvalue weighted by Crippen LogP contribution is 2.54. The van der Waals surface area contributed by atoms with E-state index in [1.807, 2.05) is 0 Å². The fourth-order valence-corrected chi connectivity index (χ4v) is 8.94. The smallest absolute Gasteiger partial charge is 0.494 e. The van der Waals surface area contributed by atoms with E-state index in [4.69, 9.17) is 9.47 Å². The van der Waals surface area contributed by atoms with Gasteiger partial charge in [-0.05, 0) is 63.9 Å². The molecule has 18 heteroatoms. The summed E-state index contributed by atoms with van der Waals surface area (Å²) in [6.45, 7) is 4.94. The third kappa shape index (κ3) is 13.0. The summed E-state index contributed by atoms with van der Waals surface area (Å²) in [7, 11) is -6.93. The molecule has 7 nitrogen and oxygen atoms in total. The maximum absolute atomic E-state index is 14.5. The Bertz CT molecular complexity index is 1430. The number of hydrogen-bond acceptors (Lipinski definition) is 7. The minimum absolute atomic E-state index is 0.0579. The van der Waals surface area contributed by atoms with Gasteiger partial charge < -0.3 is 9.47 Å². The van der Waals surface area contributed by atoms with E-state index in [-0.39, 0.29) is 7.14 Å². The number of hydrogen-bond donors (Lipinski definition) is 0. The lowest BCUT2D eigenvalue weighted by Gasteiger charge is -2.33. The summed E-state index contributed by atoms with van der Waals surface area (Å²) in [5, 5.41) is -6.88. The highest BCUT2D eigenvalue weighted by Gasteiger charge is 2.88. The van der Waals surface area contributed by atoms with Crippen LogP contribution in [0.3, 0.4) is 0 Å². The van der Waals surface area contributed by atoms with Crippen LogP contribution in [0.1, 0.15) is 90.9 Å². The van der Waals surface area contributed by atoms with Crippen LogP contribution >= 0.6 is 0 Å². The number of ether oxygens (including phenoxy) is 2. The van der Waals surface area contributed by atoms with E-state index in [9.17, 15) is 48.3 Å². The van der Waals surface area contributed by atoms with Crippen molar-refractivity contribution in [3.05, 3.63) is 55.7 Å². The van der Waals surface area contributed by atoms with E-state index in [2.05, 4.69) is 19.4 Å². The number of carbonyl (C=O) groups excluding carboxylic acids is 1. The Kier molecular flexibility index (Phi) is 19.0. The number of rotatable bonds is 26. The van der Waals surface area contributed by atoms with Crippen molar-refractivity contribution >= 4 is 16.1 Å². The summed E-state index contributed by atoms with van der Waals surface area (Å²) in [6.07, 6.45) is 12.2. The van der Waals surface area contributed by atoms with Gasteiger partial charge in [0.05, 0.1) is 13.2 Å². The van der Waals surface area contributed by atoms with Crippen molar-refractivity contribution < 1.29 is 107 Å². The van der Waals surface area contributed by atoms with Gasteiger partial charge >= 0.3 is 82.3 Å². The average molecular weight is 989 g/mol. The van der Waals surface area contributed by atoms with E-state index in [0.717, 1.165) is 77.0 Å². The van der Waals surface area contributed by atoms with Crippen LogP contribution in [0, 0.1) is 7.14 Å². The largest absolute Gasteiger partial charge is 0.584 e. The van der Waals surface area contributed by atoms with Crippen molar-refractivity contribution in [2.45, 2.75) is 114 Å². The molecule has 51 heavy (non-hydrogen) atoms. The molecule has 2 aromatic carbocycles. The highest BCUT2D eigenvalue weighted by atomic mass is 127. The summed E-state index contributed by atoms with van der Waals surface area (Å²) >= 11 is -4.82. The Hall–Kier alpha value is -1.68. The van der Waals surface area contributed by atoms with Crippen LogP contribution in [0.15, 0.2) is 48.5 Å². The highest BCUT2D eigenvalue weighted by molar-refractivity contribution is 7.87. The van der Waals surface area contributed by atoms with Gasteiger partial charge in [0, 0.05) is 0 Å². The second-order valence-electron chi connectivity index (χ2n) is 11.4. The van der Waals surface area contributed by atoms with Gasteiger partial charge in [0.1, 0.15) is 11.5 Å². The maximum Gasteiger partial charge on any atom is 0.584 e. The summed E-state index contributed by atoms with van der Waals surface area (Å²) < 4.78 is 159. The molecule has 0 spiro atoms. The van der Waals surface area contributed by atoms with Crippen LogP contribution in [-0.4, -0.2) is 50.6 Å². The molecule has 2 rings (SSSR count). The molecule has 0 radical (unpaired) electrons. The Labute approximate surface area is 315 Å². The Balaban J connectivity index is 1.95. The van der Waals surface area contributed by atoms with E-state index < -0.39 is 82.3 Å². The van der Waals surface area contributed by atoms with Crippen molar-refractivity contribution in [2.75, 3.05) is 13.2 Å². The first-order valence-electron chi connectivity index (χ1n) is 16.4. The maximum atomic E-state index is 14.5. The van der Waals surface area contributed by atoms with E-state index in [0.29, 0.717) is 24.7 Å². The zero-order chi connectivity index (χ0) is 38.2. The lowest BCUT2D eigenvalue weighted by Crippen LogP contribution is -3.62. The minimum atomic E-state index is -7.31. The van der Waals surface area contributed by atoms with Crippen LogP contribution in [0.4, 0.5) is 35.1 Å². The van der Waals surface area contributed by atoms with Gasteiger partial charge in [-0.1, -0.05) is 78.1 Å². The lowest BCUT2D eigenvalue weighted by atomic mass is 10.1. The zero-order valence-electron chi connectivity index (χ0n) is 28.1. The average Bonchev–Trinajstić information content (AvgIpc) is 3.09. The van der Waals surface area contributed by atoms with Crippen molar-refractivity contribution in [3.8, 4) is 11.5 Å². The molecule has 0 aliphatic heterocycles. The van der Waals surface area contributed by atoms with Crippen LogP contribution in [0.2, 0.25) is 0 Å². The normalized spacial score (nSPS) is 12.9. The molecule has 0 amide bonds. The minimum Gasteiger partial charge on any atom is -0.494 e.